The van der Waals surface area contributed by atoms with E-state index in [1.165, 1.54) is 0 Å². The number of fused-ring (bicyclic) bond motifs is 1. The molecule has 6 nitrogen and oxygen atoms in total. The largest absolute Gasteiger partial charge is 0.485 e. The predicted octanol–water partition coefficient (Wildman–Crippen LogP) is 1.38. The Balaban J connectivity index is 2.03. The van der Waals surface area contributed by atoms with E-state index in [2.05, 4.69) is 6.07 Å². The number of benzene rings is 1. The van der Waals surface area contributed by atoms with Crippen molar-refractivity contribution in [1.82, 2.24) is 4.90 Å². The lowest BCUT2D eigenvalue weighted by Crippen LogP contribution is -2.54. The van der Waals surface area contributed by atoms with E-state index >= 15 is 0 Å². The molecule has 6 heteroatoms. The number of cyclic esters (lactones) is 1. The van der Waals surface area contributed by atoms with Crippen LogP contribution in [0, 0.1) is 11.3 Å². The molecule has 1 aromatic carbocycles. The number of aliphatic hydroxyl groups excluding tert-OH is 1. The summed E-state index contributed by atoms with van der Waals surface area (Å²) in [4.78, 5) is 13.4. The predicted molar refractivity (Wildman–Crippen MR) is 81.7 cm³/mol. The summed E-state index contributed by atoms with van der Waals surface area (Å²) >= 11 is 0. The molecule has 1 aromatic rings. The second-order valence-corrected chi connectivity index (χ2v) is 6.67. The van der Waals surface area contributed by atoms with E-state index < -0.39 is 11.7 Å². The number of hydrogen-bond acceptors (Lipinski definition) is 6. The van der Waals surface area contributed by atoms with Crippen molar-refractivity contribution in [2.24, 2.45) is 0 Å². The number of ether oxygens (including phenoxy) is 2. The van der Waals surface area contributed by atoms with Gasteiger partial charge in [-0.15, -0.1) is 0 Å². The molecule has 1 unspecified atom stereocenters. The summed E-state index contributed by atoms with van der Waals surface area (Å²) in [6, 6.07) is 6.84. The zero-order valence-electron chi connectivity index (χ0n) is 13.4. The number of rotatable bonds is 2. The molecule has 0 radical (unpaired) electrons. The van der Waals surface area contributed by atoms with Gasteiger partial charge in [-0.25, -0.2) is 0 Å². The summed E-state index contributed by atoms with van der Waals surface area (Å²) in [5.74, 6) is 0.426. The van der Waals surface area contributed by atoms with Gasteiger partial charge in [-0.2, -0.15) is 5.26 Å². The van der Waals surface area contributed by atoms with Crippen LogP contribution in [0.1, 0.15) is 37.4 Å². The summed E-state index contributed by atoms with van der Waals surface area (Å²) in [7, 11) is 1.87. The number of esters is 1. The maximum atomic E-state index is 11.4. The number of carbonyl (C=O) groups excluding carboxylic acids is 1. The standard InChI is InChI=1S/C17H20N2O4/c1-17(2)16(21)15(19(3)11-7-14(20)22-9-11)12-6-10(8-18)4-5-13(12)23-17/h4-6,11,15-16,21H,7,9H2,1-3H3/t11?,15-,16+/m0/s1. The molecule has 1 saturated heterocycles. The van der Waals surface area contributed by atoms with Crippen LogP contribution in [0.4, 0.5) is 0 Å². The van der Waals surface area contributed by atoms with E-state index in [0.29, 0.717) is 24.3 Å². The van der Waals surface area contributed by atoms with Crippen LogP contribution in [0.2, 0.25) is 0 Å². The first-order chi connectivity index (χ1) is 10.8. The van der Waals surface area contributed by atoms with Gasteiger partial charge in [0.05, 0.1) is 30.1 Å². The van der Waals surface area contributed by atoms with E-state index in [1.54, 1.807) is 18.2 Å². The van der Waals surface area contributed by atoms with Crippen molar-refractivity contribution >= 4 is 5.97 Å². The lowest BCUT2D eigenvalue weighted by atomic mass is 9.84. The van der Waals surface area contributed by atoms with E-state index in [4.69, 9.17) is 14.7 Å². The second-order valence-electron chi connectivity index (χ2n) is 6.67. The van der Waals surface area contributed by atoms with Gasteiger partial charge in [0, 0.05) is 5.56 Å². The fraction of sp³-hybridized carbons (Fsp3) is 0.529. The first-order valence-electron chi connectivity index (χ1n) is 7.62. The van der Waals surface area contributed by atoms with Gasteiger partial charge in [0.25, 0.3) is 0 Å². The fourth-order valence-corrected chi connectivity index (χ4v) is 3.27. The van der Waals surface area contributed by atoms with Gasteiger partial charge in [-0.05, 0) is 39.1 Å². The molecule has 23 heavy (non-hydrogen) atoms. The molecular weight excluding hydrogens is 296 g/mol. The maximum Gasteiger partial charge on any atom is 0.307 e. The molecule has 2 heterocycles. The number of nitrogens with zero attached hydrogens (tertiary/aromatic N) is 2. The number of hydrogen-bond donors (Lipinski definition) is 1. The molecular formula is C17H20N2O4. The smallest absolute Gasteiger partial charge is 0.307 e. The number of aliphatic hydroxyl groups is 1. The summed E-state index contributed by atoms with van der Waals surface area (Å²) in [5.41, 5.74) is 0.498. The zero-order chi connectivity index (χ0) is 16.8. The average molecular weight is 316 g/mol. The molecule has 0 spiro atoms. The third-order valence-electron chi connectivity index (χ3n) is 4.70. The molecule has 0 amide bonds. The van der Waals surface area contributed by atoms with Crippen LogP contribution < -0.4 is 4.74 Å². The Hall–Kier alpha value is -2.10. The van der Waals surface area contributed by atoms with E-state index in [9.17, 15) is 9.90 Å². The third kappa shape index (κ3) is 2.67. The van der Waals surface area contributed by atoms with Gasteiger partial charge in [0.1, 0.15) is 24.1 Å². The molecule has 122 valence electrons. The zero-order valence-corrected chi connectivity index (χ0v) is 13.4. The lowest BCUT2D eigenvalue weighted by molar-refractivity contribution is -0.137. The van der Waals surface area contributed by atoms with E-state index in [1.807, 2.05) is 25.8 Å². The topological polar surface area (TPSA) is 82.8 Å². The normalized spacial score (nSPS) is 28.7. The maximum absolute atomic E-state index is 11.4. The Morgan fingerprint density at radius 1 is 1.43 bits per heavy atom. The van der Waals surface area contributed by atoms with Crippen molar-refractivity contribution in [3.05, 3.63) is 29.3 Å². The average Bonchev–Trinajstić information content (AvgIpc) is 2.94. The minimum Gasteiger partial charge on any atom is -0.485 e. The van der Waals surface area contributed by atoms with Crippen LogP contribution in [0.25, 0.3) is 0 Å². The van der Waals surface area contributed by atoms with Crippen LogP contribution >= 0.6 is 0 Å². The van der Waals surface area contributed by atoms with Crippen molar-refractivity contribution < 1.29 is 19.4 Å². The van der Waals surface area contributed by atoms with Crippen LogP contribution in [0.15, 0.2) is 18.2 Å². The summed E-state index contributed by atoms with van der Waals surface area (Å²) < 4.78 is 11.0. The van der Waals surface area contributed by atoms with Gasteiger partial charge in [-0.1, -0.05) is 0 Å². The third-order valence-corrected chi connectivity index (χ3v) is 4.70. The molecule has 0 bridgehead atoms. The lowest BCUT2D eigenvalue weighted by Gasteiger charge is -2.46. The van der Waals surface area contributed by atoms with Crippen LogP contribution in [-0.2, 0) is 9.53 Å². The summed E-state index contributed by atoms with van der Waals surface area (Å²) in [5, 5.41) is 20.0. The Bertz CT molecular complexity index is 680. The quantitative estimate of drug-likeness (QED) is 0.830. The van der Waals surface area contributed by atoms with Crippen molar-refractivity contribution in [1.29, 1.82) is 5.26 Å². The van der Waals surface area contributed by atoms with Crippen LogP contribution in [-0.4, -0.2) is 47.4 Å². The van der Waals surface area contributed by atoms with Crippen molar-refractivity contribution in [3.63, 3.8) is 0 Å². The van der Waals surface area contributed by atoms with Crippen molar-refractivity contribution in [2.75, 3.05) is 13.7 Å². The van der Waals surface area contributed by atoms with Crippen LogP contribution in [0.5, 0.6) is 5.75 Å². The minimum absolute atomic E-state index is 0.102. The molecule has 3 atom stereocenters. The highest BCUT2D eigenvalue weighted by Crippen LogP contribution is 2.43. The number of likely N-dealkylation sites (N-methyl/N-ethyl adjacent to an activating group) is 1. The molecule has 0 aliphatic carbocycles. The summed E-state index contributed by atoms with van der Waals surface area (Å²) in [6.07, 6.45) is -0.501. The van der Waals surface area contributed by atoms with E-state index in [0.717, 1.165) is 5.56 Å². The first-order valence-corrected chi connectivity index (χ1v) is 7.62. The molecule has 3 rings (SSSR count). The SMILES string of the molecule is CN(C1COC(=O)C1)[C@H]1c2cc(C#N)ccc2OC(C)(C)[C@@H]1O. The Morgan fingerprint density at radius 2 is 2.17 bits per heavy atom. The molecule has 2 aliphatic heterocycles. The highest BCUT2D eigenvalue weighted by molar-refractivity contribution is 5.72. The molecule has 2 aliphatic rings. The minimum atomic E-state index is -0.801. The first kappa shape index (κ1) is 15.8. The van der Waals surface area contributed by atoms with Gasteiger partial charge >= 0.3 is 5.97 Å². The molecule has 0 aromatic heterocycles. The molecule has 1 N–H and O–H groups in total. The van der Waals surface area contributed by atoms with Gasteiger partial charge < -0.3 is 14.6 Å². The number of nitriles is 1. The van der Waals surface area contributed by atoms with Gasteiger partial charge in [-0.3, -0.25) is 9.69 Å². The summed E-state index contributed by atoms with van der Waals surface area (Å²) in [6.45, 7) is 3.97. The van der Waals surface area contributed by atoms with Gasteiger partial charge in [0.15, 0.2) is 0 Å². The van der Waals surface area contributed by atoms with E-state index in [-0.39, 0.29) is 18.1 Å². The van der Waals surface area contributed by atoms with Crippen molar-refractivity contribution in [2.45, 2.75) is 44.1 Å². The van der Waals surface area contributed by atoms with Crippen LogP contribution in [0.3, 0.4) is 0 Å². The highest BCUT2D eigenvalue weighted by Gasteiger charge is 2.47. The monoisotopic (exact) mass is 316 g/mol. The Labute approximate surface area is 135 Å². The molecule has 0 saturated carbocycles. The fourth-order valence-electron chi connectivity index (χ4n) is 3.27. The molecule has 1 fully saturated rings. The van der Waals surface area contributed by atoms with Crippen molar-refractivity contribution in [3.8, 4) is 11.8 Å². The second kappa shape index (κ2) is 5.52. The highest BCUT2D eigenvalue weighted by atomic mass is 16.5. The van der Waals surface area contributed by atoms with Gasteiger partial charge in [0.2, 0.25) is 0 Å². The Morgan fingerprint density at radius 3 is 2.78 bits per heavy atom. The Kier molecular flexibility index (Phi) is 3.78. The number of carbonyl (C=O) groups is 1.